The first kappa shape index (κ1) is 18.7. The van der Waals surface area contributed by atoms with Crippen molar-refractivity contribution in [3.05, 3.63) is 54.4 Å². The van der Waals surface area contributed by atoms with Crippen LogP contribution in [0.2, 0.25) is 0 Å². The molecule has 1 aromatic carbocycles. The molecule has 1 saturated heterocycles. The Morgan fingerprint density at radius 2 is 1.86 bits per heavy atom. The summed E-state index contributed by atoms with van der Waals surface area (Å²) in [6, 6.07) is 12.1. The number of aromatic nitrogens is 3. The summed E-state index contributed by atoms with van der Waals surface area (Å²) in [5.74, 6) is 0.523. The van der Waals surface area contributed by atoms with Crippen LogP contribution in [0.4, 0.5) is 10.8 Å². The molecule has 0 aliphatic carbocycles. The Hall–Kier alpha value is -2.67. The van der Waals surface area contributed by atoms with Crippen LogP contribution in [0.1, 0.15) is 38.2 Å². The van der Waals surface area contributed by atoms with Gasteiger partial charge in [0.25, 0.3) is 0 Å². The van der Waals surface area contributed by atoms with Crippen LogP contribution in [0, 0.1) is 5.92 Å². The number of benzene rings is 1. The van der Waals surface area contributed by atoms with Gasteiger partial charge in [0, 0.05) is 31.2 Å². The Labute approximate surface area is 169 Å². The van der Waals surface area contributed by atoms with Gasteiger partial charge in [0.15, 0.2) is 0 Å². The van der Waals surface area contributed by atoms with Gasteiger partial charge >= 0.3 is 0 Å². The van der Waals surface area contributed by atoms with Crippen LogP contribution in [0.25, 0.3) is 5.13 Å². The summed E-state index contributed by atoms with van der Waals surface area (Å²) in [4.78, 5) is 15.0. The van der Waals surface area contributed by atoms with E-state index in [4.69, 9.17) is 0 Å². The number of carbonyl (C=O) groups is 1. The van der Waals surface area contributed by atoms with Gasteiger partial charge < -0.3 is 10.2 Å². The highest BCUT2D eigenvalue weighted by Gasteiger charge is 2.28. The monoisotopic (exact) mass is 395 g/mol. The minimum Gasteiger partial charge on any atom is -0.346 e. The first-order valence-electron chi connectivity index (χ1n) is 9.73. The summed E-state index contributed by atoms with van der Waals surface area (Å²) in [6.07, 6.45) is 5.79. The van der Waals surface area contributed by atoms with E-state index < -0.39 is 0 Å². The van der Waals surface area contributed by atoms with Gasteiger partial charge in [-0.05, 0) is 48.6 Å². The maximum absolute atomic E-state index is 12.8. The number of rotatable bonds is 5. The third-order valence-corrected chi connectivity index (χ3v) is 6.13. The highest BCUT2D eigenvalue weighted by atomic mass is 32.1. The molecule has 4 rings (SSSR count). The van der Waals surface area contributed by atoms with Crippen molar-refractivity contribution >= 4 is 28.1 Å². The summed E-state index contributed by atoms with van der Waals surface area (Å²) < 4.78 is 1.95. The van der Waals surface area contributed by atoms with Crippen molar-refractivity contribution in [2.45, 2.75) is 32.6 Å². The van der Waals surface area contributed by atoms with Gasteiger partial charge in [0.1, 0.15) is 0 Å². The van der Waals surface area contributed by atoms with Crippen molar-refractivity contribution in [3.63, 3.8) is 0 Å². The predicted octanol–water partition coefficient (Wildman–Crippen LogP) is 4.31. The second kappa shape index (κ2) is 8.14. The summed E-state index contributed by atoms with van der Waals surface area (Å²) in [6.45, 7) is 5.92. The average Bonchev–Trinajstić information content (AvgIpc) is 3.40. The number of amides is 1. The fraction of sp³-hybridized carbons (Fsp3) is 0.381. The molecule has 1 N–H and O–H groups in total. The van der Waals surface area contributed by atoms with Gasteiger partial charge in [-0.25, -0.2) is 0 Å². The van der Waals surface area contributed by atoms with E-state index in [1.807, 2.05) is 41.2 Å². The van der Waals surface area contributed by atoms with Crippen LogP contribution in [0.5, 0.6) is 0 Å². The topological polar surface area (TPSA) is 63.1 Å². The molecular formula is C21H25N5OS. The summed E-state index contributed by atoms with van der Waals surface area (Å²) in [5, 5.41) is 13.4. The summed E-state index contributed by atoms with van der Waals surface area (Å²) in [5.41, 5.74) is 2.13. The number of anilines is 2. The Kier molecular flexibility index (Phi) is 5.43. The first-order chi connectivity index (χ1) is 13.6. The molecule has 1 fully saturated rings. The molecule has 1 atom stereocenters. The van der Waals surface area contributed by atoms with E-state index in [1.54, 1.807) is 11.3 Å². The van der Waals surface area contributed by atoms with Gasteiger partial charge in [-0.1, -0.05) is 37.3 Å². The lowest BCUT2D eigenvalue weighted by Crippen LogP contribution is -2.40. The van der Waals surface area contributed by atoms with Gasteiger partial charge in [0.05, 0.1) is 5.92 Å². The molecule has 1 amide bonds. The fourth-order valence-corrected chi connectivity index (χ4v) is 4.31. The molecule has 1 aliphatic rings. The van der Waals surface area contributed by atoms with Crippen molar-refractivity contribution < 1.29 is 4.79 Å². The first-order valence-corrected chi connectivity index (χ1v) is 10.5. The Balaban J connectivity index is 1.40. The minimum atomic E-state index is -0.0440. The molecule has 28 heavy (non-hydrogen) atoms. The molecule has 3 heterocycles. The maximum Gasteiger partial charge on any atom is 0.229 e. The van der Waals surface area contributed by atoms with Crippen LogP contribution in [0.15, 0.2) is 48.8 Å². The lowest BCUT2D eigenvalue weighted by atomic mass is 9.97. The van der Waals surface area contributed by atoms with Crippen molar-refractivity contribution in [3.8, 4) is 5.13 Å². The van der Waals surface area contributed by atoms with Crippen LogP contribution >= 0.6 is 11.3 Å². The molecule has 0 bridgehead atoms. The Morgan fingerprint density at radius 1 is 1.14 bits per heavy atom. The molecule has 0 spiro atoms. The van der Waals surface area contributed by atoms with E-state index in [0.29, 0.717) is 12.5 Å². The van der Waals surface area contributed by atoms with Gasteiger partial charge in [-0.2, -0.15) is 0 Å². The van der Waals surface area contributed by atoms with E-state index in [9.17, 15) is 4.79 Å². The van der Waals surface area contributed by atoms with Crippen molar-refractivity contribution in [1.82, 2.24) is 14.8 Å². The van der Waals surface area contributed by atoms with E-state index in [2.05, 4.69) is 46.4 Å². The third kappa shape index (κ3) is 4.09. The van der Waals surface area contributed by atoms with Gasteiger partial charge in [0.2, 0.25) is 16.2 Å². The lowest BCUT2D eigenvalue weighted by Gasteiger charge is -2.31. The zero-order valence-electron chi connectivity index (χ0n) is 16.2. The molecule has 1 aliphatic heterocycles. The number of nitrogens with zero attached hydrogens (tertiary/aromatic N) is 4. The SMILES string of the molecule is CC(C)c1ccc(NC(=O)C2CCCN(c3nnc(-n4cccc4)s3)C2)cc1. The predicted molar refractivity (Wildman–Crippen MR) is 113 cm³/mol. The smallest absolute Gasteiger partial charge is 0.229 e. The fourth-order valence-electron chi connectivity index (χ4n) is 3.46. The molecule has 2 aromatic heterocycles. The van der Waals surface area contributed by atoms with Crippen molar-refractivity contribution in [1.29, 1.82) is 0 Å². The van der Waals surface area contributed by atoms with E-state index in [0.717, 1.165) is 35.3 Å². The second-order valence-corrected chi connectivity index (χ2v) is 8.44. The van der Waals surface area contributed by atoms with Gasteiger partial charge in [-0.3, -0.25) is 9.36 Å². The lowest BCUT2D eigenvalue weighted by molar-refractivity contribution is -0.120. The van der Waals surface area contributed by atoms with Crippen LogP contribution in [0.3, 0.4) is 0 Å². The van der Waals surface area contributed by atoms with Crippen molar-refractivity contribution in [2.75, 3.05) is 23.3 Å². The number of piperidine rings is 1. The zero-order valence-corrected chi connectivity index (χ0v) is 17.0. The minimum absolute atomic E-state index is 0.0440. The number of hydrogen-bond donors (Lipinski definition) is 1. The van der Waals surface area contributed by atoms with Crippen LogP contribution < -0.4 is 10.2 Å². The molecular weight excluding hydrogens is 370 g/mol. The normalized spacial score (nSPS) is 17.1. The summed E-state index contributed by atoms with van der Waals surface area (Å²) in [7, 11) is 0. The third-order valence-electron chi connectivity index (χ3n) is 5.14. The molecule has 146 valence electrons. The maximum atomic E-state index is 12.8. The molecule has 1 unspecified atom stereocenters. The zero-order chi connectivity index (χ0) is 19.5. The highest BCUT2D eigenvalue weighted by Crippen LogP contribution is 2.28. The number of nitrogens with one attached hydrogen (secondary N) is 1. The molecule has 3 aromatic rings. The quantitative estimate of drug-likeness (QED) is 0.699. The van der Waals surface area contributed by atoms with E-state index in [1.165, 1.54) is 5.56 Å². The molecule has 0 radical (unpaired) electrons. The number of hydrogen-bond acceptors (Lipinski definition) is 5. The highest BCUT2D eigenvalue weighted by molar-refractivity contribution is 7.17. The Bertz CT molecular complexity index is 917. The second-order valence-electron chi connectivity index (χ2n) is 7.51. The van der Waals surface area contributed by atoms with Crippen molar-refractivity contribution in [2.24, 2.45) is 5.92 Å². The van der Waals surface area contributed by atoms with Gasteiger partial charge in [-0.15, -0.1) is 10.2 Å². The molecule has 6 nitrogen and oxygen atoms in total. The molecule has 0 saturated carbocycles. The standard InChI is InChI=1S/C21H25N5OS/c1-15(2)16-7-9-18(10-8-16)22-19(27)17-6-5-13-26(14-17)21-24-23-20(28-21)25-11-3-4-12-25/h3-4,7-12,15,17H,5-6,13-14H2,1-2H3,(H,22,27). The van der Waals surface area contributed by atoms with E-state index >= 15 is 0 Å². The summed E-state index contributed by atoms with van der Waals surface area (Å²) >= 11 is 1.55. The molecule has 7 heteroatoms. The number of carbonyl (C=O) groups excluding carboxylic acids is 1. The average molecular weight is 396 g/mol. The van der Waals surface area contributed by atoms with E-state index in [-0.39, 0.29) is 11.8 Å². The van der Waals surface area contributed by atoms with Crippen LogP contribution in [-0.2, 0) is 4.79 Å². The van der Waals surface area contributed by atoms with Crippen LogP contribution in [-0.4, -0.2) is 33.8 Å². The largest absolute Gasteiger partial charge is 0.346 e. The Morgan fingerprint density at radius 3 is 2.57 bits per heavy atom.